The van der Waals surface area contributed by atoms with Gasteiger partial charge in [0.05, 0.1) is 0 Å². The molecule has 0 bridgehead atoms. The molecule has 0 saturated carbocycles. The van der Waals surface area contributed by atoms with Crippen LogP contribution in [0.1, 0.15) is 18.9 Å². The first-order chi connectivity index (χ1) is 11.9. The minimum absolute atomic E-state index is 0. The van der Waals surface area contributed by atoms with Crippen molar-refractivity contribution in [2.45, 2.75) is 31.2 Å². The van der Waals surface area contributed by atoms with E-state index >= 15 is 0 Å². The van der Waals surface area contributed by atoms with Crippen LogP contribution in [0.4, 0.5) is 10.1 Å². The van der Waals surface area contributed by atoms with Crippen LogP contribution in [0.2, 0.25) is 0 Å². The largest absolute Gasteiger partial charge is 0.489 e. The third kappa shape index (κ3) is 5.09. The second-order valence-corrected chi connectivity index (χ2v) is 8.09. The van der Waals surface area contributed by atoms with E-state index in [0.29, 0.717) is 12.2 Å². The monoisotopic (exact) mass is 400 g/mol. The van der Waals surface area contributed by atoms with Crippen LogP contribution in [0.5, 0.6) is 5.75 Å². The summed E-state index contributed by atoms with van der Waals surface area (Å²) >= 11 is 0. The van der Waals surface area contributed by atoms with Gasteiger partial charge in [0.1, 0.15) is 23.0 Å². The summed E-state index contributed by atoms with van der Waals surface area (Å²) in [6, 6.07) is 13.1. The Balaban J connectivity index is 0.00000243. The van der Waals surface area contributed by atoms with Gasteiger partial charge < -0.3 is 4.74 Å². The number of halogens is 2. The van der Waals surface area contributed by atoms with Gasteiger partial charge in [-0.1, -0.05) is 18.2 Å². The number of rotatable bonds is 6. The van der Waals surface area contributed by atoms with Gasteiger partial charge in [0.15, 0.2) is 0 Å². The smallest absolute Gasteiger partial charge is 0.248 e. The first kappa shape index (κ1) is 20.5. The van der Waals surface area contributed by atoms with Crippen LogP contribution >= 0.6 is 12.4 Å². The Labute approximate surface area is 159 Å². The van der Waals surface area contributed by atoms with E-state index in [-0.39, 0.29) is 18.5 Å². The zero-order chi connectivity index (χ0) is 17.9. The van der Waals surface area contributed by atoms with Crippen LogP contribution in [0, 0.1) is 5.82 Å². The van der Waals surface area contributed by atoms with E-state index < -0.39 is 21.2 Å². The zero-order valence-electron chi connectivity index (χ0n) is 14.3. The third-order valence-electron chi connectivity index (χ3n) is 4.20. The zero-order valence-corrected chi connectivity index (χ0v) is 15.9. The first-order valence-corrected chi connectivity index (χ1v) is 9.74. The van der Waals surface area contributed by atoms with Crippen molar-refractivity contribution < 1.29 is 17.5 Å². The lowest BCUT2D eigenvalue weighted by molar-refractivity contribution is 0.170. The molecule has 0 spiro atoms. The number of hydrogen-bond donors (Lipinski definition) is 2. The summed E-state index contributed by atoms with van der Waals surface area (Å²) in [6.07, 6.45) is 1.68. The van der Waals surface area contributed by atoms with Crippen molar-refractivity contribution >= 4 is 28.1 Å². The van der Waals surface area contributed by atoms with E-state index in [0.717, 1.165) is 18.6 Å². The summed E-state index contributed by atoms with van der Waals surface area (Å²) in [5, 5.41) is 2.20. The van der Waals surface area contributed by atoms with Gasteiger partial charge >= 0.3 is 0 Å². The summed E-state index contributed by atoms with van der Waals surface area (Å²) in [4.78, 5) is 0. The number of nitrogens with one attached hydrogen (secondary N) is 2. The Morgan fingerprint density at radius 3 is 2.62 bits per heavy atom. The summed E-state index contributed by atoms with van der Waals surface area (Å²) in [6.45, 7) is 2.00. The Bertz CT molecular complexity index is 831. The topological polar surface area (TPSA) is 67.4 Å². The molecule has 142 valence electrons. The molecule has 2 aromatic carbocycles. The molecule has 0 saturated heterocycles. The molecule has 0 amide bonds. The van der Waals surface area contributed by atoms with Crippen molar-refractivity contribution in [3.8, 4) is 5.75 Å². The van der Waals surface area contributed by atoms with Crippen LogP contribution in [0.25, 0.3) is 0 Å². The second kappa shape index (κ2) is 8.70. The van der Waals surface area contributed by atoms with E-state index in [1.807, 2.05) is 24.3 Å². The van der Waals surface area contributed by atoms with Gasteiger partial charge in [-0.05, 0) is 55.7 Å². The van der Waals surface area contributed by atoms with Gasteiger partial charge in [-0.2, -0.15) is 0 Å². The summed E-state index contributed by atoms with van der Waals surface area (Å²) < 4.78 is 46.0. The number of benzene rings is 2. The van der Waals surface area contributed by atoms with Crippen molar-refractivity contribution in [3.63, 3.8) is 0 Å². The minimum Gasteiger partial charge on any atom is -0.489 e. The standard InChI is InChI=1S/C18H21FN2O3S.ClH/c1-13(25(22,23)21-16-9-7-15(19)8-10-16)20-12-17-11-6-14-4-2-3-5-18(14)24-17;/h2-5,7-10,13,17,20-21H,6,11-12H2,1H3;1H. The number of sulfonamides is 1. The van der Waals surface area contributed by atoms with Gasteiger partial charge in [-0.3, -0.25) is 10.0 Å². The maximum absolute atomic E-state index is 12.9. The molecule has 8 heteroatoms. The van der Waals surface area contributed by atoms with Gasteiger partial charge in [0, 0.05) is 12.2 Å². The first-order valence-electron chi connectivity index (χ1n) is 8.19. The van der Waals surface area contributed by atoms with Crippen LogP contribution in [-0.2, 0) is 16.4 Å². The van der Waals surface area contributed by atoms with E-state index in [1.165, 1.54) is 29.8 Å². The van der Waals surface area contributed by atoms with Crippen molar-refractivity contribution in [3.05, 3.63) is 59.9 Å². The fourth-order valence-corrected chi connectivity index (χ4v) is 3.66. The Morgan fingerprint density at radius 2 is 1.88 bits per heavy atom. The Morgan fingerprint density at radius 1 is 1.19 bits per heavy atom. The number of aryl methyl sites for hydroxylation is 1. The van der Waals surface area contributed by atoms with Crippen molar-refractivity contribution in [1.82, 2.24) is 5.32 Å². The molecule has 26 heavy (non-hydrogen) atoms. The predicted molar refractivity (Wildman–Crippen MR) is 103 cm³/mol. The molecule has 1 heterocycles. The minimum atomic E-state index is -3.63. The molecule has 1 aliphatic rings. The lowest BCUT2D eigenvalue weighted by Crippen LogP contribution is -2.43. The van der Waals surface area contributed by atoms with Crippen LogP contribution in [-0.4, -0.2) is 26.4 Å². The molecule has 0 radical (unpaired) electrons. The van der Waals surface area contributed by atoms with E-state index in [4.69, 9.17) is 4.74 Å². The molecule has 2 atom stereocenters. The summed E-state index contributed by atoms with van der Waals surface area (Å²) in [7, 11) is -3.63. The molecule has 0 fully saturated rings. The third-order valence-corrected chi connectivity index (χ3v) is 5.82. The highest BCUT2D eigenvalue weighted by Crippen LogP contribution is 2.26. The number of hydrogen-bond acceptors (Lipinski definition) is 4. The van der Waals surface area contributed by atoms with Crippen LogP contribution in [0.15, 0.2) is 48.5 Å². The van der Waals surface area contributed by atoms with Crippen LogP contribution in [0.3, 0.4) is 0 Å². The summed E-state index contributed by atoms with van der Waals surface area (Å²) in [5.74, 6) is 0.448. The molecule has 2 N–H and O–H groups in total. The van der Waals surface area contributed by atoms with Gasteiger partial charge in [-0.15, -0.1) is 12.4 Å². The molecule has 2 unspecified atom stereocenters. The predicted octanol–water partition coefficient (Wildman–Crippen LogP) is 3.32. The number of para-hydroxylation sites is 1. The molecule has 1 aliphatic heterocycles. The lowest BCUT2D eigenvalue weighted by atomic mass is 10.0. The van der Waals surface area contributed by atoms with Gasteiger partial charge in [0.25, 0.3) is 0 Å². The summed E-state index contributed by atoms with van der Waals surface area (Å²) in [5.41, 5.74) is 1.51. The Hall–Kier alpha value is -1.83. The van der Waals surface area contributed by atoms with Crippen molar-refractivity contribution in [2.24, 2.45) is 0 Å². The molecular formula is C18H22ClFN2O3S. The highest BCUT2D eigenvalue weighted by atomic mass is 35.5. The van der Waals surface area contributed by atoms with E-state index in [1.54, 1.807) is 6.92 Å². The highest BCUT2D eigenvalue weighted by Gasteiger charge is 2.24. The molecule has 5 nitrogen and oxygen atoms in total. The average molecular weight is 401 g/mol. The number of fused-ring (bicyclic) bond motifs is 1. The van der Waals surface area contributed by atoms with Crippen LogP contribution < -0.4 is 14.8 Å². The molecule has 3 rings (SSSR count). The number of anilines is 1. The molecule has 0 aliphatic carbocycles. The fourth-order valence-electron chi connectivity index (χ4n) is 2.70. The normalized spacial score (nSPS) is 17.4. The quantitative estimate of drug-likeness (QED) is 0.780. The fraction of sp³-hybridized carbons (Fsp3) is 0.333. The highest BCUT2D eigenvalue weighted by molar-refractivity contribution is 7.93. The maximum atomic E-state index is 12.9. The second-order valence-electron chi connectivity index (χ2n) is 6.09. The lowest BCUT2D eigenvalue weighted by Gasteiger charge is -2.27. The van der Waals surface area contributed by atoms with Gasteiger partial charge in [0.2, 0.25) is 10.0 Å². The van der Waals surface area contributed by atoms with Gasteiger partial charge in [-0.25, -0.2) is 12.8 Å². The van der Waals surface area contributed by atoms with Crippen molar-refractivity contribution in [2.75, 3.05) is 11.3 Å². The molecule has 2 aromatic rings. The molecule has 0 aromatic heterocycles. The molecular weight excluding hydrogens is 379 g/mol. The Kier molecular flexibility index (Phi) is 6.86. The van der Waals surface area contributed by atoms with E-state index in [9.17, 15) is 12.8 Å². The van der Waals surface area contributed by atoms with E-state index in [2.05, 4.69) is 10.0 Å². The maximum Gasteiger partial charge on any atom is 0.248 e. The average Bonchev–Trinajstić information content (AvgIpc) is 2.61. The number of ether oxygens (including phenoxy) is 1. The van der Waals surface area contributed by atoms with Crippen molar-refractivity contribution in [1.29, 1.82) is 0 Å². The SMILES string of the molecule is CC(NCC1CCc2ccccc2O1)S(=O)(=O)Nc1ccc(F)cc1.Cl.